The highest BCUT2D eigenvalue weighted by atomic mass is 16.5. The van der Waals surface area contributed by atoms with Crippen molar-refractivity contribution in [3.8, 4) is 5.75 Å². The Morgan fingerprint density at radius 3 is 2.32 bits per heavy atom. The molecule has 0 spiro atoms. The van der Waals surface area contributed by atoms with Crippen LogP contribution in [0.3, 0.4) is 0 Å². The maximum absolute atomic E-state index is 12.9. The van der Waals surface area contributed by atoms with Gasteiger partial charge in [-0.15, -0.1) is 0 Å². The predicted molar refractivity (Wildman–Crippen MR) is 125 cm³/mol. The molecule has 6 nitrogen and oxygen atoms in total. The van der Waals surface area contributed by atoms with Gasteiger partial charge in [0.15, 0.2) is 6.10 Å². The van der Waals surface area contributed by atoms with E-state index in [1.165, 1.54) is 5.56 Å². The monoisotopic (exact) mass is 423 g/mol. The largest absolute Gasteiger partial charge is 0.480 e. The zero-order chi connectivity index (χ0) is 22.5. The lowest BCUT2D eigenvalue weighted by atomic mass is 10.0. The van der Waals surface area contributed by atoms with Crippen LogP contribution in [-0.2, 0) is 11.3 Å². The SMILES string of the molecule is CC[C@@H]1Oc2ccc(NC(=O)Nc3ccc(C(C)C)cc3)cc2CN([C@H](C)CC)C1=O. The molecule has 1 aliphatic rings. The fraction of sp³-hybridized carbons (Fsp3) is 0.440. The molecule has 1 heterocycles. The number of nitrogens with zero attached hydrogens (tertiary/aromatic N) is 1. The highest BCUT2D eigenvalue weighted by Crippen LogP contribution is 2.30. The molecule has 1 aliphatic heterocycles. The Morgan fingerprint density at radius 1 is 1.06 bits per heavy atom. The second kappa shape index (κ2) is 9.86. The maximum atomic E-state index is 12.9. The molecule has 0 unspecified atom stereocenters. The summed E-state index contributed by atoms with van der Waals surface area (Å²) in [5, 5.41) is 5.75. The van der Waals surface area contributed by atoms with Gasteiger partial charge in [0.05, 0.1) is 0 Å². The molecule has 31 heavy (non-hydrogen) atoms. The van der Waals surface area contributed by atoms with Gasteiger partial charge >= 0.3 is 6.03 Å². The topological polar surface area (TPSA) is 70.7 Å². The van der Waals surface area contributed by atoms with Crippen molar-refractivity contribution in [2.45, 2.75) is 72.1 Å². The third kappa shape index (κ3) is 5.37. The van der Waals surface area contributed by atoms with Crippen LogP contribution in [0.15, 0.2) is 42.5 Å². The number of amides is 3. The first-order valence-corrected chi connectivity index (χ1v) is 11.1. The van der Waals surface area contributed by atoms with E-state index in [4.69, 9.17) is 4.74 Å². The van der Waals surface area contributed by atoms with Gasteiger partial charge in [-0.2, -0.15) is 0 Å². The van der Waals surface area contributed by atoms with Crippen molar-refractivity contribution in [2.75, 3.05) is 10.6 Å². The second-order valence-corrected chi connectivity index (χ2v) is 8.42. The smallest absolute Gasteiger partial charge is 0.323 e. The minimum atomic E-state index is -0.480. The number of ether oxygens (including phenoxy) is 1. The number of carbonyl (C=O) groups excluding carboxylic acids is 2. The van der Waals surface area contributed by atoms with E-state index in [0.717, 1.165) is 17.7 Å². The first-order valence-electron chi connectivity index (χ1n) is 11.1. The molecule has 0 aromatic heterocycles. The van der Waals surface area contributed by atoms with E-state index >= 15 is 0 Å². The van der Waals surface area contributed by atoms with Crippen molar-refractivity contribution in [2.24, 2.45) is 0 Å². The van der Waals surface area contributed by atoms with Crippen molar-refractivity contribution in [3.05, 3.63) is 53.6 Å². The molecule has 3 amide bonds. The van der Waals surface area contributed by atoms with Gasteiger partial charge in [-0.05, 0) is 61.6 Å². The number of hydrogen-bond donors (Lipinski definition) is 2. The lowest BCUT2D eigenvalue weighted by Gasteiger charge is -2.28. The number of fused-ring (bicyclic) bond motifs is 1. The molecule has 2 atom stereocenters. The summed E-state index contributed by atoms with van der Waals surface area (Å²) in [4.78, 5) is 27.3. The Labute approximate surface area is 185 Å². The van der Waals surface area contributed by atoms with Gasteiger partial charge < -0.3 is 20.3 Å². The van der Waals surface area contributed by atoms with E-state index in [0.29, 0.717) is 30.3 Å². The third-order valence-corrected chi connectivity index (χ3v) is 5.82. The normalized spacial score (nSPS) is 16.9. The number of benzene rings is 2. The molecular formula is C25H33N3O3. The van der Waals surface area contributed by atoms with Crippen LogP contribution < -0.4 is 15.4 Å². The molecule has 0 saturated carbocycles. The standard InChI is InChI=1S/C25H33N3O3/c1-6-17(5)28-15-19-14-21(12-13-23(19)31-22(7-2)24(28)29)27-25(30)26-20-10-8-18(9-11-20)16(3)4/h8-14,16-17,22H,6-7,15H2,1-5H3,(H2,26,27,30)/t17-,22+/m1/s1. The van der Waals surface area contributed by atoms with Crippen molar-refractivity contribution in [1.29, 1.82) is 0 Å². The van der Waals surface area contributed by atoms with E-state index in [1.54, 1.807) is 6.07 Å². The van der Waals surface area contributed by atoms with Crippen molar-refractivity contribution < 1.29 is 14.3 Å². The molecule has 0 aliphatic carbocycles. The van der Waals surface area contributed by atoms with Crippen LogP contribution in [0, 0.1) is 0 Å². The number of rotatable bonds is 6. The fourth-order valence-corrected chi connectivity index (χ4v) is 3.64. The summed E-state index contributed by atoms with van der Waals surface area (Å²) in [7, 11) is 0. The quantitative estimate of drug-likeness (QED) is 0.621. The van der Waals surface area contributed by atoms with E-state index in [-0.39, 0.29) is 18.0 Å². The Balaban J connectivity index is 1.74. The predicted octanol–water partition coefficient (Wildman–Crippen LogP) is 5.75. The Bertz CT molecular complexity index is 924. The Morgan fingerprint density at radius 2 is 1.71 bits per heavy atom. The average molecular weight is 424 g/mol. The van der Waals surface area contributed by atoms with E-state index in [9.17, 15) is 9.59 Å². The van der Waals surface area contributed by atoms with Crippen LogP contribution in [-0.4, -0.2) is 29.0 Å². The van der Waals surface area contributed by atoms with Crippen molar-refractivity contribution >= 4 is 23.3 Å². The van der Waals surface area contributed by atoms with Gasteiger partial charge in [-0.3, -0.25) is 4.79 Å². The molecule has 166 valence electrons. The molecular weight excluding hydrogens is 390 g/mol. The van der Waals surface area contributed by atoms with E-state index in [2.05, 4.69) is 38.3 Å². The molecule has 0 bridgehead atoms. The lowest BCUT2D eigenvalue weighted by molar-refractivity contribution is -0.140. The molecule has 2 N–H and O–H groups in total. The summed E-state index contributed by atoms with van der Waals surface area (Å²) >= 11 is 0. The Hall–Kier alpha value is -3.02. The zero-order valence-electron chi connectivity index (χ0n) is 19.1. The summed E-state index contributed by atoms with van der Waals surface area (Å²) in [5.74, 6) is 1.16. The molecule has 0 radical (unpaired) electrons. The van der Waals surface area contributed by atoms with Crippen LogP contribution >= 0.6 is 0 Å². The summed E-state index contributed by atoms with van der Waals surface area (Å²) in [5.41, 5.74) is 3.51. The summed E-state index contributed by atoms with van der Waals surface area (Å²) in [6.07, 6.45) is 1.00. The maximum Gasteiger partial charge on any atom is 0.323 e. The summed E-state index contributed by atoms with van der Waals surface area (Å²) < 4.78 is 6.01. The molecule has 0 saturated heterocycles. The first-order chi connectivity index (χ1) is 14.8. The third-order valence-electron chi connectivity index (χ3n) is 5.82. The number of urea groups is 1. The van der Waals surface area contributed by atoms with Crippen molar-refractivity contribution in [3.63, 3.8) is 0 Å². The Kier molecular flexibility index (Phi) is 7.21. The van der Waals surface area contributed by atoms with Gasteiger partial charge in [0.2, 0.25) is 0 Å². The number of anilines is 2. The minimum Gasteiger partial charge on any atom is -0.480 e. The van der Waals surface area contributed by atoms with E-state index in [1.807, 2.05) is 48.2 Å². The zero-order valence-corrected chi connectivity index (χ0v) is 19.1. The van der Waals surface area contributed by atoms with Gasteiger partial charge in [-0.1, -0.05) is 39.8 Å². The van der Waals surface area contributed by atoms with Crippen LogP contribution in [0.1, 0.15) is 64.5 Å². The number of carbonyl (C=O) groups is 2. The fourth-order valence-electron chi connectivity index (χ4n) is 3.64. The van der Waals surface area contributed by atoms with Gasteiger partial charge in [0.25, 0.3) is 5.91 Å². The minimum absolute atomic E-state index is 0.0187. The van der Waals surface area contributed by atoms with Crippen LogP contribution in [0.4, 0.5) is 16.2 Å². The highest BCUT2D eigenvalue weighted by Gasteiger charge is 2.32. The van der Waals surface area contributed by atoms with E-state index < -0.39 is 6.10 Å². The van der Waals surface area contributed by atoms with Crippen LogP contribution in [0.2, 0.25) is 0 Å². The average Bonchev–Trinajstić information content (AvgIpc) is 2.89. The highest BCUT2D eigenvalue weighted by molar-refractivity contribution is 5.99. The van der Waals surface area contributed by atoms with Gasteiger partial charge in [0.1, 0.15) is 5.75 Å². The van der Waals surface area contributed by atoms with Gasteiger partial charge in [0, 0.05) is 29.5 Å². The molecule has 3 rings (SSSR count). The summed E-state index contributed by atoms with van der Waals surface area (Å²) in [6.45, 7) is 10.8. The molecule has 6 heteroatoms. The first kappa shape index (κ1) is 22.7. The van der Waals surface area contributed by atoms with Crippen LogP contribution in [0.25, 0.3) is 0 Å². The van der Waals surface area contributed by atoms with Crippen LogP contribution in [0.5, 0.6) is 5.75 Å². The van der Waals surface area contributed by atoms with Gasteiger partial charge in [-0.25, -0.2) is 4.79 Å². The molecule has 2 aromatic rings. The van der Waals surface area contributed by atoms with Crippen molar-refractivity contribution in [1.82, 2.24) is 4.90 Å². The lowest BCUT2D eigenvalue weighted by Crippen LogP contribution is -2.43. The molecule has 2 aromatic carbocycles. The molecule has 0 fully saturated rings. The second-order valence-electron chi connectivity index (χ2n) is 8.42. The number of nitrogens with one attached hydrogen (secondary N) is 2. The number of hydrogen-bond acceptors (Lipinski definition) is 3. The summed E-state index contributed by atoms with van der Waals surface area (Å²) in [6, 6.07) is 13.2.